The zero-order valence-electron chi connectivity index (χ0n) is 11.1. The molecule has 0 atom stereocenters. The Kier molecular flexibility index (Phi) is 3.30. The van der Waals surface area contributed by atoms with E-state index in [2.05, 4.69) is 10.3 Å². The number of nitrogens with zero attached hydrogens (tertiary/aromatic N) is 3. The summed E-state index contributed by atoms with van der Waals surface area (Å²) in [6.45, 7) is 1.85. The molecule has 0 fully saturated rings. The molecule has 3 aromatic rings. The van der Waals surface area contributed by atoms with Gasteiger partial charge in [0.1, 0.15) is 5.76 Å². The summed E-state index contributed by atoms with van der Waals surface area (Å²) in [5.74, 6) is -0.936. The van der Waals surface area contributed by atoms with Gasteiger partial charge >= 0.3 is 5.97 Å². The average molecular weight is 305 g/mol. The van der Waals surface area contributed by atoms with E-state index in [0.717, 1.165) is 9.56 Å². The standard InChI is InChI=1S/C13H11N3O4S/c1-7-9-10(15-20-7)12(17)16(14-11(9)13(18)19)5-4-8-3-2-6-21-8/h2-3,6H,4-5H2,1H3,(H,18,19). The molecule has 0 aliphatic rings. The van der Waals surface area contributed by atoms with Gasteiger partial charge in [0.2, 0.25) is 0 Å². The minimum absolute atomic E-state index is 0.00563. The van der Waals surface area contributed by atoms with Gasteiger partial charge in [-0.2, -0.15) is 5.10 Å². The Bertz CT molecular complexity index is 864. The fourth-order valence-electron chi connectivity index (χ4n) is 2.11. The molecule has 0 aliphatic carbocycles. The second-order valence-electron chi connectivity index (χ2n) is 4.47. The maximum absolute atomic E-state index is 12.3. The number of rotatable bonds is 4. The Balaban J connectivity index is 2.08. The molecular weight excluding hydrogens is 294 g/mol. The number of aryl methyl sites for hydroxylation is 3. The SMILES string of the molecule is Cc1onc2c(=O)n(CCc3cccs3)nc(C(=O)O)c12. The molecule has 0 bridgehead atoms. The summed E-state index contributed by atoms with van der Waals surface area (Å²) >= 11 is 1.57. The van der Waals surface area contributed by atoms with E-state index in [1.54, 1.807) is 18.3 Å². The van der Waals surface area contributed by atoms with Crippen molar-refractivity contribution in [3.05, 3.63) is 44.2 Å². The van der Waals surface area contributed by atoms with Crippen molar-refractivity contribution in [1.29, 1.82) is 0 Å². The zero-order valence-corrected chi connectivity index (χ0v) is 11.9. The quantitative estimate of drug-likeness (QED) is 0.787. The number of aromatic nitrogens is 3. The highest BCUT2D eigenvalue weighted by atomic mass is 32.1. The van der Waals surface area contributed by atoms with Crippen molar-refractivity contribution in [3.63, 3.8) is 0 Å². The van der Waals surface area contributed by atoms with E-state index >= 15 is 0 Å². The lowest BCUT2D eigenvalue weighted by atomic mass is 10.2. The Labute approximate surface area is 122 Å². The predicted molar refractivity (Wildman–Crippen MR) is 75.8 cm³/mol. The van der Waals surface area contributed by atoms with Crippen molar-refractivity contribution in [1.82, 2.24) is 14.9 Å². The number of carboxylic acid groups (broad SMARTS) is 1. The third-order valence-corrected chi connectivity index (χ3v) is 4.05. The van der Waals surface area contributed by atoms with Gasteiger partial charge in [-0.3, -0.25) is 4.79 Å². The number of fused-ring (bicyclic) bond motifs is 1. The predicted octanol–water partition coefficient (Wildman–Crippen LogP) is 1.70. The molecule has 3 heterocycles. The van der Waals surface area contributed by atoms with E-state index in [-0.39, 0.29) is 22.4 Å². The molecule has 0 saturated heterocycles. The van der Waals surface area contributed by atoms with E-state index in [0.29, 0.717) is 13.0 Å². The molecule has 7 nitrogen and oxygen atoms in total. The van der Waals surface area contributed by atoms with Gasteiger partial charge < -0.3 is 9.63 Å². The van der Waals surface area contributed by atoms with E-state index in [9.17, 15) is 14.7 Å². The number of thiophene rings is 1. The van der Waals surface area contributed by atoms with Crippen LogP contribution in [0.15, 0.2) is 26.8 Å². The van der Waals surface area contributed by atoms with Gasteiger partial charge in [-0.25, -0.2) is 9.48 Å². The minimum atomic E-state index is -1.21. The van der Waals surface area contributed by atoms with Crippen LogP contribution in [0, 0.1) is 6.92 Å². The van der Waals surface area contributed by atoms with Crippen molar-refractivity contribution in [3.8, 4) is 0 Å². The maximum Gasteiger partial charge on any atom is 0.357 e. The molecule has 0 radical (unpaired) electrons. The van der Waals surface area contributed by atoms with E-state index in [1.807, 2.05) is 17.5 Å². The fourth-order valence-corrected chi connectivity index (χ4v) is 2.81. The van der Waals surface area contributed by atoms with Gasteiger partial charge in [0.05, 0.1) is 5.39 Å². The monoisotopic (exact) mass is 305 g/mol. The van der Waals surface area contributed by atoms with Gasteiger partial charge in [-0.15, -0.1) is 11.3 Å². The topological polar surface area (TPSA) is 98.2 Å². The molecule has 0 aromatic carbocycles. The van der Waals surface area contributed by atoms with Gasteiger partial charge in [0, 0.05) is 17.8 Å². The summed E-state index contributed by atoms with van der Waals surface area (Å²) in [7, 11) is 0. The average Bonchev–Trinajstić information content (AvgIpc) is 3.08. The van der Waals surface area contributed by atoms with Gasteiger partial charge in [0.25, 0.3) is 5.56 Å². The molecule has 1 N–H and O–H groups in total. The van der Waals surface area contributed by atoms with Crippen LogP contribution < -0.4 is 5.56 Å². The van der Waals surface area contributed by atoms with Gasteiger partial charge in [-0.1, -0.05) is 11.2 Å². The number of hydrogen-bond acceptors (Lipinski definition) is 6. The highest BCUT2D eigenvalue weighted by Crippen LogP contribution is 2.18. The maximum atomic E-state index is 12.3. The highest BCUT2D eigenvalue weighted by molar-refractivity contribution is 7.09. The van der Waals surface area contributed by atoms with Crippen molar-refractivity contribution in [2.24, 2.45) is 0 Å². The summed E-state index contributed by atoms with van der Waals surface area (Å²) in [6.07, 6.45) is 0.603. The van der Waals surface area contributed by atoms with Gasteiger partial charge in [-0.05, 0) is 18.4 Å². The van der Waals surface area contributed by atoms with E-state index in [4.69, 9.17) is 4.52 Å². The first-order chi connectivity index (χ1) is 10.1. The van der Waals surface area contributed by atoms with Crippen LogP contribution in [0.1, 0.15) is 21.1 Å². The van der Waals surface area contributed by atoms with Crippen LogP contribution in [-0.4, -0.2) is 26.0 Å². The van der Waals surface area contributed by atoms with Crippen LogP contribution in [0.4, 0.5) is 0 Å². The number of hydrogen-bond donors (Lipinski definition) is 1. The third kappa shape index (κ3) is 2.33. The Morgan fingerprint density at radius 3 is 3.00 bits per heavy atom. The summed E-state index contributed by atoms with van der Waals surface area (Å²) in [4.78, 5) is 24.7. The molecule has 108 valence electrons. The first-order valence-corrected chi connectivity index (χ1v) is 7.08. The lowest BCUT2D eigenvalue weighted by Crippen LogP contribution is -2.26. The molecule has 3 aromatic heterocycles. The van der Waals surface area contributed by atoms with Crippen LogP contribution in [0.3, 0.4) is 0 Å². The molecule has 0 saturated carbocycles. The summed E-state index contributed by atoms with van der Waals surface area (Å²) < 4.78 is 6.06. The molecule has 3 rings (SSSR count). The van der Waals surface area contributed by atoms with E-state index in [1.165, 1.54) is 0 Å². The summed E-state index contributed by atoms with van der Waals surface area (Å²) in [5.41, 5.74) is -0.649. The molecule has 21 heavy (non-hydrogen) atoms. The largest absolute Gasteiger partial charge is 0.476 e. The van der Waals surface area contributed by atoms with Gasteiger partial charge in [0.15, 0.2) is 11.2 Å². The summed E-state index contributed by atoms with van der Waals surface area (Å²) in [6, 6.07) is 3.87. The third-order valence-electron chi connectivity index (χ3n) is 3.11. The number of carbonyl (C=O) groups is 1. The van der Waals surface area contributed by atoms with Crippen molar-refractivity contribution in [2.75, 3.05) is 0 Å². The first kappa shape index (κ1) is 13.5. The number of aromatic carboxylic acids is 1. The minimum Gasteiger partial charge on any atom is -0.476 e. The first-order valence-electron chi connectivity index (χ1n) is 6.20. The molecule has 0 aliphatic heterocycles. The molecule has 0 amide bonds. The smallest absolute Gasteiger partial charge is 0.357 e. The Morgan fingerprint density at radius 2 is 2.33 bits per heavy atom. The Hall–Kier alpha value is -2.48. The molecule has 0 spiro atoms. The normalized spacial score (nSPS) is 11.1. The lowest BCUT2D eigenvalue weighted by Gasteiger charge is -2.05. The number of carboxylic acids is 1. The van der Waals surface area contributed by atoms with Crippen LogP contribution in [0.25, 0.3) is 10.9 Å². The van der Waals surface area contributed by atoms with Crippen molar-refractivity contribution < 1.29 is 14.4 Å². The highest BCUT2D eigenvalue weighted by Gasteiger charge is 2.21. The lowest BCUT2D eigenvalue weighted by molar-refractivity contribution is 0.0689. The molecule has 8 heteroatoms. The van der Waals surface area contributed by atoms with Crippen LogP contribution >= 0.6 is 11.3 Å². The molecular formula is C13H11N3O4S. The fraction of sp³-hybridized carbons (Fsp3) is 0.231. The molecule has 0 unspecified atom stereocenters. The Morgan fingerprint density at radius 1 is 1.52 bits per heavy atom. The zero-order chi connectivity index (χ0) is 15.0. The van der Waals surface area contributed by atoms with Crippen LogP contribution in [0.5, 0.6) is 0 Å². The summed E-state index contributed by atoms with van der Waals surface area (Å²) in [5, 5.41) is 19.0. The van der Waals surface area contributed by atoms with E-state index < -0.39 is 11.5 Å². The second-order valence-corrected chi connectivity index (χ2v) is 5.51. The van der Waals surface area contributed by atoms with Crippen molar-refractivity contribution >= 4 is 28.2 Å². The van der Waals surface area contributed by atoms with Crippen LogP contribution in [0.2, 0.25) is 0 Å². The second kappa shape index (κ2) is 5.13. The van der Waals surface area contributed by atoms with Crippen LogP contribution in [-0.2, 0) is 13.0 Å². The van der Waals surface area contributed by atoms with Crippen molar-refractivity contribution in [2.45, 2.75) is 19.9 Å².